The van der Waals surface area contributed by atoms with Crippen LogP contribution >= 0.6 is 0 Å². The molecule has 1 saturated heterocycles. The number of H-pyrrole nitrogens is 1. The van der Waals surface area contributed by atoms with Gasteiger partial charge in [-0.15, -0.1) is 0 Å². The molecule has 16 nitrogen and oxygen atoms in total. The number of amides is 1. The van der Waals surface area contributed by atoms with E-state index in [1.807, 2.05) is 34.4 Å². The zero-order valence-electron chi connectivity index (χ0n) is 35.3. The summed E-state index contributed by atoms with van der Waals surface area (Å²) in [5, 5.41) is 13.9. The maximum absolute atomic E-state index is 16.4. The number of aromatic nitrogens is 10. The van der Waals surface area contributed by atoms with Crippen LogP contribution in [0, 0.1) is 25.5 Å². The Morgan fingerprint density at radius 1 is 0.922 bits per heavy atom. The topological polar surface area (TPSA) is 169 Å². The third-order valence-electron chi connectivity index (χ3n) is 13.8. The lowest BCUT2D eigenvalue weighted by molar-refractivity contribution is 0.0664. The van der Waals surface area contributed by atoms with E-state index in [2.05, 4.69) is 15.2 Å². The van der Waals surface area contributed by atoms with E-state index in [9.17, 15) is 9.59 Å². The fourth-order valence-electron chi connectivity index (χ4n) is 10.2. The van der Waals surface area contributed by atoms with Crippen LogP contribution in [0.25, 0.3) is 39.1 Å². The average molecular weight is 868 g/mol. The number of hydrogen-bond donors (Lipinski definition) is 1. The molecule has 8 aromatic rings. The van der Waals surface area contributed by atoms with Gasteiger partial charge in [0.25, 0.3) is 5.91 Å². The molecular weight excluding hydrogens is 825 g/mol. The highest BCUT2D eigenvalue weighted by Gasteiger charge is 2.53. The Morgan fingerprint density at radius 2 is 1.67 bits per heavy atom. The maximum Gasteiger partial charge on any atom is 0.438 e. The SMILES string of the molecule is Cc1cc(-n2nc3c(c2-n2ccn(-c4ccc5c(cnn5C5CC5)c4F)c2=O)C(C)N(C(=O)c2cc4nc(C5CCOCC5)ccc4n2C2(c4noc(=O)[nH]4)CC2)CC3)cc(C)c1F. The molecule has 326 valence electrons. The molecule has 12 rings (SSSR count). The first-order valence-corrected chi connectivity index (χ1v) is 21.8. The van der Waals surface area contributed by atoms with Crippen LogP contribution in [-0.2, 0) is 16.7 Å². The Balaban J connectivity index is 0.992. The van der Waals surface area contributed by atoms with Crippen LogP contribution in [-0.4, -0.2) is 79.0 Å². The third kappa shape index (κ3) is 5.76. The Kier molecular flexibility index (Phi) is 8.48. The van der Waals surface area contributed by atoms with Gasteiger partial charge in [-0.25, -0.2) is 23.1 Å². The van der Waals surface area contributed by atoms with Crippen molar-refractivity contribution in [1.29, 1.82) is 0 Å². The smallest absolute Gasteiger partial charge is 0.381 e. The van der Waals surface area contributed by atoms with Gasteiger partial charge >= 0.3 is 11.4 Å². The molecule has 3 fully saturated rings. The Bertz CT molecular complexity index is 3330. The predicted octanol–water partition coefficient (Wildman–Crippen LogP) is 6.61. The number of ether oxygens (including phenoxy) is 1. The van der Waals surface area contributed by atoms with Gasteiger partial charge in [-0.1, -0.05) is 5.16 Å². The number of imidazole rings is 1. The van der Waals surface area contributed by atoms with Crippen LogP contribution in [0.3, 0.4) is 0 Å². The number of benzene rings is 2. The Hall–Kier alpha value is -6.95. The number of aryl methyl sites for hydroxylation is 2. The molecule has 8 heterocycles. The highest BCUT2D eigenvalue weighted by atomic mass is 19.1. The van der Waals surface area contributed by atoms with Crippen molar-refractivity contribution in [1.82, 2.24) is 53.3 Å². The third-order valence-corrected chi connectivity index (χ3v) is 13.8. The molecule has 0 bridgehead atoms. The largest absolute Gasteiger partial charge is 0.438 e. The van der Waals surface area contributed by atoms with E-state index in [1.165, 1.54) is 21.5 Å². The van der Waals surface area contributed by atoms with Gasteiger partial charge in [0.05, 0.1) is 57.3 Å². The van der Waals surface area contributed by atoms with Crippen molar-refractivity contribution in [2.45, 2.75) is 89.3 Å². The van der Waals surface area contributed by atoms with Crippen LogP contribution in [0.4, 0.5) is 8.78 Å². The summed E-state index contributed by atoms with van der Waals surface area (Å²) in [6, 6.07) is 12.2. The minimum Gasteiger partial charge on any atom is -0.381 e. The minimum atomic E-state index is -0.843. The van der Waals surface area contributed by atoms with Gasteiger partial charge in [-0.3, -0.25) is 33.1 Å². The van der Waals surface area contributed by atoms with Gasteiger partial charge < -0.3 is 14.2 Å². The van der Waals surface area contributed by atoms with Crippen LogP contribution in [0.15, 0.2) is 75.2 Å². The molecular formula is C46H43F2N11O5. The lowest BCUT2D eigenvalue weighted by Gasteiger charge is -2.34. The summed E-state index contributed by atoms with van der Waals surface area (Å²) in [4.78, 5) is 52.0. The predicted molar refractivity (Wildman–Crippen MR) is 229 cm³/mol. The van der Waals surface area contributed by atoms with Gasteiger partial charge in [0.15, 0.2) is 11.6 Å². The lowest BCUT2D eigenvalue weighted by atomic mass is 9.96. The zero-order chi connectivity index (χ0) is 43.8. The van der Waals surface area contributed by atoms with E-state index < -0.39 is 28.8 Å². The number of carbonyl (C=O) groups is 1. The van der Waals surface area contributed by atoms with E-state index in [0.29, 0.717) is 94.3 Å². The monoisotopic (exact) mass is 867 g/mol. The second-order valence-electron chi connectivity index (χ2n) is 17.8. The number of carbonyl (C=O) groups excluding carboxylic acids is 1. The van der Waals surface area contributed by atoms with Crippen LogP contribution in [0.5, 0.6) is 0 Å². The summed E-state index contributed by atoms with van der Waals surface area (Å²) in [6.07, 6.45) is 9.79. The van der Waals surface area contributed by atoms with E-state index in [-0.39, 0.29) is 35.9 Å². The molecule has 2 aliphatic carbocycles. The lowest BCUT2D eigenvalue weighted by Crippen LogP contribution is -2.41. The number of aromatic amines is 1. The van der Waals surface area contributed by atoms with Crippen LogP contribution < -0.4 is 11.4 Å². The van der Waals surface area contributed by atoms with Crippen LogP contribution in [0.1, 0.15) is 108 Å². The molecule has 2 aromatic carbocycles. The number of pyridine rings is 1. The molecule has 18 heteroatoms. The summed E-state index contributed by atoms with van der Waals surface area (Å²) < 4.78 is 50.1. The highest BCUT2D eigenvalue weighted by Crippen LogP contribution is 2.51. The molecule has 0 spiro atoms. The van der Waals surface area contributed by atoms with E-state index in [1.54, 1.807) is 53.9 Å². The number of rotatable bonds is 8. The van der Waals surface area contributed by atoms with Crippen molar-refractivity contribution < 1.29 is 22.8 Å². The summed E-state index contributed by atoms with van der Waals surface area (Å²) in [5.74, 6) is -0.996. The first kappa shape index (κ1) is 38.7. The van der Waals surface area contributed by atoms with Gasteiger partial charge in [0.1, 0.15) is 22.9 Å². The molecule has 6 aromatic heterocycles. The molecule has 1 amide bonds. The molecule has 1 atom stereocenters. The first-order valence-electron chi connectivity index (χ1n) is 21.8. The van der Waals surface area contributed by atoms with Crippen LogP contribution in [0.2, 0.25) is 0 Å². The fraction of sp³-hybridized carbons (Fsp3) is 0.370. The fourth-order valence-corrected chi connectivity index (χ4v) is 10.2. The second kappa shape index (κ2) is 14.0. The highest BCUT2D eigenvalue weighted by molar-refractivity contribution is 5.99. The van der Waals surface area contributed by atoms with Gasteiger partial charge in [0, 0.05) is 55.7 Å². The quantitative estimate of drug-likeness (QED) is 0.177. The first-order chi connectivity index (χ1) is 31.0. The summed E-state index contributed by atoms with van der Waals surface area (Å²) in [6.45, 7) is 6.84. The molecule has 1 N–H and O–H groups in total. The number of nitrogens with one attached hydrogen (secondary N) is 1. The van der Waals surface area contributed by atoms with Crippen molar-refractivity contribution in [3.63, 3.8) is 0 Å². The summed E-state index contributed by atoms with van der Waals surface area (Å²) >= 11 is 0. The van der Waals surface area contributed by atoms with Gasteiger partial charge in [-0.05, 0) is 113 Å². The molecule has 2 saturated carbocycles. The van der Waals surface area contributed by atoms with E-state index in [4.69, 9.17) is 19.3 Å². The Labute approximate surface area is 362 Å². The van der Waals surface area contributed by atoms with E-state index >= 15 is 13.6 Å². The van der Waals surface area contributed by atoms with Crippen molar-refractivity contribution in [3.05, 3.63) is 133 Å². The molecule has 0 radical (unpaired) electrons. The van der Waals surface area contributed by atoms with Gasteiger partial charge in [-0.2, -0.15) is 10.2 Å². The molecule has 1 unspecified atom stereocenters. The number of nitrogens with zero attached hydrogens (tertiary/aromatic N) is 10. The molecule has 2 aliphatic heterocycles. The van der Waals surface area contributed by atoms with Crippen molar-refractivity contribution in [3.8, 4) is 17.2 Å². The number of fused-ring (bicyclic) bond motifs is 3. The normalized spacial score (nSPS) is 18.6. The number of hydrogen-bond acceptors (Lipinski definition) is 9. The van der Waals surface area contributed by atoms with Gasteiger partial charge in [0.2, 0.25) is 0 Å². The van der Waals surface area contributed by atoms with Crippen molar-refractivity contribution >= 4 is 27.8 Å². The average Bonchev–Trinajstić information content (AvgIpc) is 4.00. The summed E-state index contributed by atoms with van der Waals surface area (Å²) in [5.41, 5.74) is 4.57. The Morgan fingerprint density at radius 3 is 2.39 bits per heavy atom. The zero-order valence-corrected chi connectivity index (χ0v) is 35.3. The minimum absolute atomic E-state index is 0.0636. The molecule has 4 aliphatic rings. The van der Waals surface area contributed by atoms with Crippen molar-refractivity contribution in [2.24, 2.45) is 0 Å². The standard InChI is InChI=1S/C46H43F2N11O5/c1-24-20-29(21-25(2)39(24)47)59-41(56-17-16-55(45(56)62)36-9-8-34-30(40(36)48)23-49-58(34)28-4-5-28)38-26(3)54(15-10-32(38)52-59)42(60)37-22-33-35(7-6-31(50-33)27-11-18-63-19-12-27)57(37)46(13-14-46)43-51-44(61)64-53-43/h6-9,16-17,20-23,26-28H,4-5,10-15,18-19H2,1-3H3,(H,51,53,61). The summed E-state index contributed by atoms with van der Waals surface area (Å²) in [7, 11) is 0. The molecule has 64 heavy (non-hydrogen) atoms. The van der Waals surface area contributed by atoms with Crippen molar-refractivity contribution in [2.75, 3.05) is 19.8 Å². The number of halogens is 2. The maximum atomic E-state index is 16.4. The van der Waals surface area contributed by atoms with E-state index in [0.717, 1.165) is 36.9 Å². The second-order valence-corrected chi connectivity index (χ2v) is 17.8.